The maximum Gasteiger partial charge on any atom is 0.337 e. The molecule has 0 aliphatic rings. The molecule has 0 fully saturated rings. The van der Waals surface area contributed by atoms with Crippen LogP contribution in [-0.4, -0.2) is 80.7 Å². The Morgan fingerprint density at radius 1 is 1.08 bits per heavy atom. The van der Waals surface area contributed by atoms with Gasteiger partial charge in [0.05, 0.1) is 7.11 Å². The number of benzene rings is 1. The summed E-state index contributed by atoms with van der Waals surface area (Å²) in [7, 11) is 0.961. The van der Waals surface area contributed by atoms with Crippen LogP contribution in [-0.2, 0) is 19.1 Å². The molecule has 0 unspecified atom stereocenters. The van der Waals surface area contributed by atoms with Crippen LogP contribution in [0, 0.1) is 0 Å². The highest BCUT2D eigenvalue weighted by Crippen LogP contribution is 2.25. The SMILES string of the molecule is COC(=O)[C@H](O)[C@@H](O)[C@H](O)[C@H](O)COC(=O)/C=C/c1ccc(O)c(O)c1. The third-order valence-corrected chi connectivity index (χ3v) is 3.32. The topological polar surface area (TPSA) is 174 Å². The quantitative estimate of drug-likeness (QED) is 0.175. The van der Waals surface area contributed by atoms with E-state index in [0.29, 0.717) is 5.56 Å². The van der Waals surface area contributed by atoms with Crippen LogP contribution in [0.4, 0.5) is 0 Å². The number of methoxy groups -OCH3 is 1. The first-order chi connectivity index (χ1) is 12.2. The molecule has 1 aromatic rings. The van der Waals surface area contributed by atoms with E-state index in [4.69, 9.17) is 5.11 Å². The molecule has 0 saturated heterocycles. The molecule has 26 heavy (non-hydrogen) atoms. The van der Waals surface area contributed by atoms with E-state index in [1.807, 2.05) is 0 Å². The minimum absolute atomic E-state index is 0.325. The van der Waals surface area contributed by atoms with E-state index in [-0.39, 0.29) is 11.5 Å². The molecule has 1 aromatic carbocycles. The molecule has 1 rings (SSSR count). The Kier molecular flexibility index (Phi) is 8.00. The van der Waals surface area contributed by atoms with Crippen molar-refractivity contribution in [3.63, 3.8) is 0 Å². The molecule has 144 valence electrons. The van der Waals surface area contributed by atoms with E-state index in [0.717, 1.165) is 13.2 Å². The molecule has 0 saturated carbocycles. The summed E-state index contributed by atoms with van der Waals surface area (Å²) < 4.78 is 8.84. The fourth-order valence-electron chi connectivity index (χ4n) is 1.80. The van der Waals surface area contributed by atoms with Gasteiger partial charge in [0.2, 0.25) is 0 Å². The molecule has 0 aliphatic carbocycles. The number of phenols is 2. The number of hydrogen-bond acceptors (Lipinski definition) is 10. The van der Waals surface area contributed by atoms with Gasteiger partial charge >= 0.3 is 11.9 Å². The molecular weight excluding hydrogens is 352 g/mol. The molecule has 6 N–H and O–H groups in total. The Morgan fingerprint density at radius 3 is 2.31 bits per heavy atom. The number of aromatic hydroxyl groups is 2. The molecule has 0 amide bonds. The lowest BCUT2D eigenvalue weighted by Crippen LogP contribution is -2.49. The standard InChI is InChI=1S/C16H20O10/c1-25-16(24)15(23)14(22)13(21)11(19)7-26-12(20)5-3-8-2-4-9(17)10(18)6-8/h2-6,11,13-15,17-19,21-23H,7H2,1H3/b5-3+/t11-,13-,14+,15-/m1/s1. The molecule has 0 heterocycles. The fraction of sp³-hybridized carbons (Fsp3) is 0.375. The molecule has 0 radical (unpaired) electrons. The average Bonchev–Trinajstić information content (AvgIpc) is 2.64. The Hall–Kier alpha value is -2.66. The van der Waals surface area contributed by atoms with Crippen LogP contribution in [0.15, 0.2) is 24.3 Å². The highest BCUT2D eigenvalue weighted by Gasteiger charge is 2.35. The van der Waals surface area contributed by atoms with Gasteiger partial charge in [-0.1, -0.05) is 6.07 Å². The summed E-state index contributed by atoms with van der Waals surface area (Å²) >= 11 is 0. The zero-order chi connectivity index (χ0) is 19.9. The molecular formula is C16H20O10. The Balaban J connectivity index is 2.53. The van der Waals surface area contributed by atoms with Gasteiger partial charge in [-0.15, -0.1) is 0 Å². The molecule has 0 spiro atoms. The number of carbonyl (C=O) groups is 2. The first-order valence-electron chi connectivity index (χ1n) is 7.34. The minimum atomic E-state index is -2.08. The predicted octanol–water partition coefficient (Wildman–Crippen LogP) is -1.73. The number of phenolic OH excluding ortho intramolecular Hbond substituents is 2. The van der Waals surface area contributed by atoms with Crippen molar-refractivity contribution in [3.8, 4) is 11.5 Å². The number of hydrogen-bond donors (Lipinski definition) is 6. The maximum absolute atomic E-state index is 11.6. The minimum Gasteiger partial charge on any atom is -0.504 e. The van der Waals surface area contributed by atoms with Gasteiger partial charge in [0.15, 0.2) is 17.6 Å². The Morgan fingerprint density at radius 2 is 1.73 bits per heavy atom. The van der Waals surface area contributed by atoms with Crippen molar-refractivity contribution in [1.82, 2.24) is 0 Å². The molecule has 0 aromatic heterocycles. The highest BCUT2D eigenvalue weighted by molar-refractivity contribution is 5.87. The number of rotatable bonds is 8. The fourth-order valence-corrected chi connectivity index (χ4v) is 1.80. The molecule has 0 aliphatic heterocycles. The van der Waals surface area contributed by atoms with Crippen LogP contribution in [0.1, 0.15) is 5.56 Å². The van der Waals surface area contributed by atoms with E-state index >= 15 is 0 Å². The average molecular weight is 372 g/mol. The molecule has 0 bridgehead atoms. The van der Waals surface area contributed by atoms with Crippen molar-refractivity contribution < 1.29 is 49.7 Å². The van der Waals surface area contributed by atoms with Gasteiger partial charge < -0.3 is 40.1 Å². The monoisotopic (exact) mass is 372 g/mol. The third-order valence-electron chi connectivity index (χ3n) is 3.32. The first kappa shape index (κ1) is 21.4. The zero-order valence-corrected chi connectivity index (χ0v) is 13.7. The van der Waals surface area contributed by atoms with Crippen molar-refractivity contribution >= 4 is 18.0 Å². The Labute approximate surface area is 148 Å². The maximum atomic E-state index is 11.6. The normalized spacial score (nSPS) is 15.9. The summed E-state index contributed by atoms with van der Waals surface area (Å²) in [4.78, 5) is 22.6. The summed E-state index contributed by atoms with van der Waals surface area (Å²) in [6.45, 7) is -0.726. The number of ether oxygens (including phenoxy) is 2. The van der Waals surface area contributed by atoms with E-state index in [9.17, 15) is 35.1 Å². The van der Waals surface area contributed by atoms with Gasteiger partial charge in [0.1, 0.15) is 24.9 Å². The number of aliphatic hydroxyl groups excluding tert-OH is 4. The largest absolute Gasteiger partial charge is 0.504 e. The number of carbonyl (C=O) groups excluding carboxylic acids is 2. The van der Waals surface area contributed by atoms with E-state index in [1.165, 1.54) is 24.3 Å². The smallest absolute Gasteiger partial charge is 0.337 e. The lowest BCUT2D eigenvalue weighted by Gasteiger charge is -2.24. The van der Waals surface area contributed by atoms with E-state index in [2.05, 4.69) is 9.47 Å². The van der Waals surface area contributed by atoms with Crippen molar-refractivity contribution in [3.05, 3.63) is 29.8 Å². The lowest BCUT2D eigenvalue weighted by molar-refractivity contribution is -0.170. The number of esters is 2. The summed E-state index contributed by atoms with van der Waals surface area (Å²) in [5.74, 6) is -2.82. The van der Waals surface area contributed by atoms with Crippen molar-refractivity contribution in [1.29, 1.82) is 0 Å². The van der Waals surface area contributed by atoms with Gasteiger partial charge in [0, 0.05) is 6.08 Å². The zero-order valence-electron chi connectivity index (χ0n) is 13.7. The molecule has 10 nitrogen and oxygen atoms in total. The van der Waals surface area contributed by atoms with Crippen LogP contribution in [0.5, 0.6) is 11.5 Å². The van der Waals surface area contributed by atoms with E-state index < -0.39 is 43.0 Å². The van der Waals surface area contributed by atoms with Crippen LogP contribution < -0.4 is 0 Å². The lowest BCUT2D eigenvalue weighted by atomic mass is 10.0. The van der Waals surface area contributed by atoms with Gasteiger partial charge in [0.25, 0.3) is 0 Å². The van der Waals surface area contributed by atoms with Gasteiger partial charge in [-0.3, -0.25) is 0 Å². The Bertz CT molecular complexity index is 656. The van der Waals surface area contributed by atoms with Crippen LogP contribution in [0.25, 0.3) is 6.08 Å². The second kappa shape index (κ2) is 9.73. The second-order valence-corrected chi connectivity index (χ2v) is 5.23. The highest BCUT2D eigenvalue weighted by atomic mass is 16.5. The third kappa shape index (κ3) is 6.01. The van der Waals surface area contributed by atoms with Crippen LogP contribution >= 0.6 is 0 Å². The number of aliphatic hydroxyl groups is 4. The second-order valence-electron chi connectivity index (χ2n) is 5.23. The van der Waals surface area contributed by atoms with Crippen molar-refractivity contribution in [2.45, 2.75) is 24.4 Å². The van der Waals surface area contributed by atoms with Crippen molar-refractivity contribution in [2.24, 2.45) is 0 Å². The predicted molar refractivity (Wildman–Crippen MR) is 85.8 cm³/mol. The first-order valence-corrected chi connectivity index (χ1v) is 7.34. The summed E-state index contributed by atoms with van der Waals surface area (Å²) in [5, 5.41) is 56.7. The molecule has 4 atom stereocenters. The van der Waals surface area contributed by atoms with Crippen LogP contribution in [0.2, 0.25) is 0 Å². The summed E-state index contributed by atoms with van der Waals surface area (Å²) in [6, 6.07) is 3.83. The van der Waals surface area contributed by atoms with Crippen LogP contribution in [0.3, 0.4) is 0 Å². The summed E-state index contributed by atoms with van der Waals surface area (Å²) in [5.41, 5.74) is 0.384. The van der Waals surface area contributed by atoms with Crippen molar-refractivity contribution in [2.75, 3.05) is 13.7 Å². The van der Waals surface area contributed by atoms with Gasteiger partial charge in [-0.2, -0.15) is 0 Å². The summed E-state index contributed by atoms with van der Waals surface area (Å²) in [6.07, 6.45) is -5.66. The molecule has 10 heteroatoms. The van der Waals surface area contributed by atoms with Gasteiger partial charge in [-0.05, 0) is 23.8 Å². The van der Waals surface area contributed by atoms with Gasteiger partial charge in [-0.25, -0.2) is 9.59 Å². The van der Waals surface area contributed by atoms with E-state index in [1.54, 1.807) is 0 Å².